The van der Waals surface area contributed by atoms with Gasteiger partial charge in [0.2, 0.25) is 0 Å². The molecule has 0 radical (unpaired) electrons. The van der Waals surface area contributed by atoms with E-state index in [1.165, 1.54) is 0 Å². The lowest BCUT2D eigenvalue weighted by molar-refractivity contribution is 0.00819. The topological polar surface area (TPSA) is 30.3 Å². The zero-order valence-electron chi connectivity index (χ0n) is 8.08. The summed E-state index contributed by atoms with van der Waals surface area (Å²) < 4.78 is 34.3. The zero-order valence-corrected chi connectivity index (χ0v) is 8.90. The predicted molar refractivity (Wildman–Crippen MR) is 51.3 cm³/mol. The van der Waals surface area contributed by atoms with Crippen molar-refractivity contribution < 1.29 is 13.2 Å². The van der Waals surface area contributed by atoms with Gasteiger partial charge in [0, 0.05) is 38.4 Å². The van der Waals surface area contributed by atoms with Crippen LogP contribution in [0.25, 0.3) is 0 Å². The van der Waals surface area contributed by atoms with Crippen molar-refractivity contribution in [3.8, 4) is 0 Å². The molecule has 0 bridgehead atoms. The van der Waals surface area contributed by atoms with Gasteiger partial charge in [-0.1, -0.05) is 0 Å². The third kappa shape index (κ3) is 11.2. The van der Waals surface area contributed by atoms with Gasteiger partial charge in [-0.25, -0.2) is 4.78 Å². The van der Waals surface area contributed by atoms with Crippen molar-refractivity contribution in [2.45, 2.75) is 13.6 Å². The van der Waals surface area contributed by atoms with Crippen molar-refractivity contribution in [1.29, 1.82) is 4.78 Å². The fourth-order valence-corrected chi connectivity index (χ4v) is 0.794. The summed E-state index contributed by atoms with van der Waals surface area (Å²) in [4.78, 5) is 4.41. The first-order valence-electron chi connectivity index (χ1n) is 3.81. The molecule has 0 saturated heterocycles. The Bertz CT molecular complexity index is 154. The van der Waals surface area contributed by atoms with E-state index in [9.17, 15) is 13.2 Å². The van der Waals surface area contributed by atoms with Crippen molar-refractivity contribution in [3.63, 3.8) is 0 Å². The van der Waals surface area contributed by atoms with E-state index in [0.29, 0.717) is 0 Å². The first-order chi connectivity index (χ1) is 6.56. The molecule has 1 rings (SSSR count). The van der Waals surface area contributed by atoms with Gasteiger partial charge in [0.1, 0.15) is 0 Å². The van der Waals surface area contributed by atoms with E-state index in [4.69, 9.17) is 4.78 Å². The molecule has 0 aliphatic carbocycles. The molecule has 14 heavy (non-hydrogen) atoms. The van der Waals surface area contributed by atoms with Crippen LogP contribution in [-0.2, 0) is 12.4 Å². The molecular formula is C7H14F3N3S. The SMILES string of the molecule is CCN1C=CN(C)C1.FC(F)F.N=S. The van der Waals surface area contributed by atoms with Gasteiger partial charge in [-0.05, 0) is 6.92 Å². The van der Waals surface area contributed by atoms with E-state index in [2.05, 4.69) is 48.6 Å². The molecule has 1 heterocycles. The number of nitrogens with one attached hydrogen (secondary N) is 1. The van der Waals surface area contributed by atoms with E-state index < -0.39 is 6.68 Å². The number of nitrogens with zero attached hydrogens (tertiary/aromatic N) is 2. The maximum Gasteiger partial charge on any atom is 0.379 e. The molecule has 0 aromatic rings. The third-order valence-corrected chi connectivity index (χ3v) is 1.34. The van der Waals surface area contributed by atoms with Crippen molar-refractivity contribution in [2.24, 2.45) is 0 Å². The van der Waals surface area contributed by atoms with Gasteiger partial charge in [-0.15, -0.1) is 0 Å². The molecule has 0 unspecified atom stereocenters. The van der Waals surface area contributed by atoms with Crippen molar-refractivity contribution in [2.75, 3.05) is 20.3 Å². The van der Waals surface area contributed by atoms with Crippen LogP contribution in [0.5, 0.6) is 0 Å². The highest BCUT2D eigenvalue weighted by Crippen LogP contribution is 2.00. The molecule has 0 spiro atoms. The molecule has 0 fully saturated rings. The molecular weight excluding hydrogens is 215 g/mol. The normalized spacial score (nSPS) is 13.3. The number of hydrogen-bond acceptors (Lipinski definition) is 4. The summed E-state index contributed by atoms with van der Waals surface area (Å²) in [6.07, 6.45) is 4.20. The summed E-state index contributed by atoms with van der Waals surface area (Å²) in [5, 5.41) is 0. The Labute approximate surface area is 87.1 Å². The van der Waals surface area contributed by atoms with Crippen molar-refractivity contribution in [1.82, 2.24) is 9.80 Å². The van der Waals surface area contributed by atoms with Crippen LogP contribution in [0.2, 0.25) is 0 Å². The minimum Gasteiger partial charge on any atom is -0.362 e. The average molecular weight is 229 g/mol. The lowest BCUT2D eigenvalue weighted by Gasteiger charge is -2.14. The first kappa shape index (κ1) is 15.6. The number of halogens is 3. The van der Waals surface area contributed by atoms with E-state index in [1.807, 2.05) is 0 Å². The van der Waals surface area contributed by atoms with Gasteiger partial charge in [0.15, 0.2) is 0 Å². The minimum absolute atomic E-state index is 1.05. The standard InChI is InChI=1S/C6H12N2.CHF3.HNS/c1-3-8-5-4-7(2)6-8;2-1(3)4;1-2/h4-5H,3,6H2,1-2H3;1H;1H. The lowest BCUT2D eigenvalue weighted by atomic mass is 10.6. The van der Waals surface area contributed by atoms with Crippen LogP contribution in [0, 0.1) is 4.78 Å². The van der Waals surface area contributed by atoms with Crippen LogP contribution >= 0.6 is 0 Å². The van der Waals surface area contributed by atoms with Crippen LogP contribution in [-0.4, -0.2) is 36.7 Å². The second-order valence-electron chi connectivity index (χ2n) is 2.35. The maximum absolute atomic E-state index is 9.67. The molecule has 1 N–H and O–H groups in total. The molecule has 1 aliphatic rings. The van der Waals surface area contributed by atoms with Crippen molar-refractivity contribution in [3.05, 3.63) is 12.4 Å². The molecule has 1 aliphatic heterocycles. The summed E-state index contributed by atoms with van der Waals surface area (Å²) in [5.41, 5.74) is 0. The number of rotatable bonds is 1. The van der Waals surface area contributed by atoms with Gasteiger partial charge in [0.05, 0.1) is 6.67 Å². The van der Waals surface area contributed by atoms with E-state index in [-0.39, 0.29) is 0 Å². The van der Waals surface area contributed by atoms with Crippen LogP contribution in [0.3, 0.4) is 0 Å². The molecule has 7 heteroatoms. The summed E-state index contributed by atoms with van der Waals surface area (Å²) in [6, 6.07) is 0. The van der Waals surface area contributed by atoms with Crippen LogP contribution < -0.4 is 0 Å². The fourth-order valence-electron chi connectivity index (χ4n) is 0.794. The number of hydrogen-bond donors (Lipinski definition) is 1. The smallest absolute Gasteiger partial charge is 0.362 e. The largest absolute Gasteiger partial charge is 0.379 e. The molecule has 0 aromatic heterocycles. The lowest BCUT2D eigenvalue weighted by Crippen LogP contribution is -2.21. The van der Waals surface area contributed by atoms with Crippen molar-refractivity contribution >= 4 is 12.4 Å². The number of alkyl halides is 3. The van der Waals surface area contributed by atoms with Gasteiger partial charge in [-0.3, -0.25) is 0 Å². The molecule has 0 amide bonds. The monoisotopic (exact) mass is 229 g/mol. The Morgan fingerprint density at radius 2 is 1.79 bits per heavy atom. The Morgan fingerprint density at radius 1 is 1.36 bits per heavy atom. The van der Waals surface area contributed by atoms with Crippen LogP contribution in [0.4, 0.5) is 13.2 Å². The summed E-state index contributed by atoms with van der Waals surface area (Å²) >= 11 is 3.33. The fraction of sp³-hybridized carbons (Fsp3) is 0.714. The highest BCUT2D eigenvalue weighted by Gasteiger charge is 2.03. The van der Waals surface area contributed by atoms with Gasteiger partial charge in [-0.2, -0.15) is 13.2 Å². The second-order valence-corrected chi connectivity index (χ2v) is 2.35. The molecule has 0 saturated carbocycles. The van der Waals surface area contributed by atoms with E-state index >= 15 is 0 Å². The molecule has 0 aromatic carbocycles. The van der Waals surface area contributed by atoms with Crippen LogP contribution in [0.15, 0.2) is 12.4 Å². The second kappa shape index (κ2) is 10.2. The Morgan fingerprint density at radius 3 is 1.93 bits per heavy atom. The molecule has 84 valence electrons. The first-order valence-corrected chi connectivity index (χ1v) is 4.22. The summed E-state index contributed by atoms with van der Waals surface area (Å²) in [6.45, 7) is 0.654. The summed E-state index contributed by atoms with van der Waals surface area (Å²) in [7, 11) is 2.08. The van der Waals surface area contributed by atoms with Gasteiger partial charge < -0.3 is 9.80 Å². The summed E-state index contributed by atoms with van der Waals surface area (Å²) in [5.74, 6) is 0. The zero-order chi connectivity index (χ0) is 11.6. The van der Waals surface area contributed by atoms with Gasteiger partial charge in [0.25, 0.3) is 0 Å². The Kier molecular flexibility index (Phi) is 11.4. The quantitative estimate of drug-likeness (QED) is 0.747. The highest BCUT2D eigenvalue weighted by molar-refractivity contribution is 7.45. The maximum atomic E-state index is 9.67. The van der Waals surface area contributed by atoms with E-state index in [0.717, 1.165) is 13.2 Å². The average Bonchev–Trinajstić information content (AvgIpc) is 2.54. The predicted octanol–water partition coefficient (Wildman–Crippen LogP) is 2.16. The Hall–Kier alpha value is -0.850. The minimum atomic E-state index is -3.67. The van der Waals surface area contributed by atoms with E-state index in [1.54, 1.807) is 0 Å². The third-order valence-electron chi connectivity index (χ3n) is 1.34. The molecule has 0 atom stereocenters. The van der Waals surface area contributed by atoms with Gasteiger partial charge >= 0.3 is 6.68 Å². The molecule has 3 nitrogen and oxygen atoms in total. The Balaban J connectivity index is 0. The highest BCUT2D eigenvalue weighted by atomic mass is 32.1. The van der Waals surface area contributed by atoms with Crippen LogP contribution in [0.1, 0.15) is 6.92 Å².